The molecule has 8 heteroatoms. The monoisotopic (exact) mass is 380 g/mol. The van der Waals surface area contributed by atoms with Crippen LogP contribution in [0.1, 0.15) is 23.2 Å². The van der Waals surface area contributed by atoms with Crippen molar-refractivity contribution >= 4 is 21.8 Å². The summed E-state index contributed by atoms with van der Waals surface area (Å²) in [6.07, 6.45) is -3.03. The normalized spacial score (nSPS) is 19.9. The highest BCUT2D eigenvalue weighted by Crippen LogP contribution is 2.23. The summed E-state index contributed by atoms with van der Waals surface area (Å²) in [6, 6.07) is 4.09. The Balaban J connectivity index is 1.98. The number of amides is 1. The summed E-state index contributed by atoms with van der Waals surface area (Å²) in [5.41, 5.74) is 0.0994. The fraction of sp³-hybridized carbons (Fsp3) is 0.500. The van der Waals surface area contributed by atoms with Gasteiger partial charge in [-0.15, -0.1) is 0 Å². The molecule has 0 aromatic heterocycles. The molecule has 0 bridgehead atoms. The summed E-state index contributed by atoms with van der Waals surface area (Å²) in [5, 5.41) is 12.4. The summed E-state index contributed by atoms with van der Waals surface area (Å²) in [6.45, 7) is -0.449. The Morgan fingerprint density at radius 1 is 1.45 bits per heavy atom. The molecule has 0 spiro atoms. The number of hydrogen-bond donors (Lipinski definition) is 2. The van der Waals surface area contributed by atoms with Gasteiger partial charge in [0.15, 0.2) is 0 Å². The third kappa shape index (κ3) is 4.88. The van der Waals surface area contributed by atoms with Crippen molar-refractivity contribution in [2.24, 2.45) is 0 Å². The molecule has 1 saturated heterocycles. The van der Waals surface area contributed by atoms with Gasteiger partial charge in [0.25, 0.3) is 5.91 Å². The van der Waals surface area contributed by atoms with Crippen molar-refractivity contribution < 1.29 is 23.1 Å². The molecule has 1 aliphatic rings. The first-order valence-corrected chi connectivity index (χ1v) is 7.62. The number of carbonyl (C=O) groups is 1. The molecule has 2 N–H and O–H groups in total. The number of likely N-dealkylation sites (tertiary alicyclic amines) is 1. The van der Waals surface area contributed by atoms with Crippen LogP contribution in [0.3, 0.4) is 0 Å². The van der Waals surface area contributed by atoms with Crippen LogP contribution in [0.25, 0.3) is 0 Å². The van der Waals surface area contributed by atoms with E-state index in [0.29, 0.717) is 23.9 Å². The van der Waals surface area contributed by atoms with E-state index in [4.69, 9.17) is 0 Å². The van der Waals surface area contributed by atoms with Crippen LogP contribution in [0.4, 0.5) is 13.2 Å². The van der Waals surface area contributed by atoms with Gasteiger partial charge in [-0.3, -0.25) is 9.69 Å². The lowest BCUT2D eigenvalue weighted by atomic mass is 10.0. The Bertz CT molecular complexity index is 551. The van der Waals surface area contributed by atoms with Crippen molar-refractivity contribution in [3.8, 4) is 5.75 Å². The molecule has 4 nitrogen and oxygen atoms in total. The van der Waals surface area contributed by atoms with Gasteiger partial charge in [0.1, 0.15) is 5.75 Å². The number of rotatable bonds is 3. The Labute approximate surface area is 134 Å². The van der Waals surface area contributed by atoms with Crippen molar-refractivity contribution in [2.75, 3.05) is 19.6 Å². The van der Waals surface area contributed by atoms with Gasteiger partial charge in [-0.1, -0.05) is 15.9 Å². The zero-order valence-corrected chi connectivity index (χ0v) is 13.2. The summed E-state index contributed by atoms with van der Waals surface area (Å²) < 4.78 is 37.9. The first-order chi connectivity index (χ1) is 10.2. The number of alkyl halides is 3. The number of phenols is 1. The molecule has 0 unspecified atom stereocenters. The van der Waals surface area contributed by atoms with Crippen molar-refractivity contribution in [3.05, 3.63) is 28.2 Å². The Morgan fingerprint density at radius 2 is 2.18 bits per heavy atom. The van der Waals surface area contributed by atoms with Gasteiger partial charge >= 0.3 is 6.18 Å². The molecule has 1 amide bonds. The fourth-order valence-corrected chi connectivity index (χ4v) is 2.88. The molecule has 1 fully saturated rings. The average Bonchev–Trinajstić information content (AvgIpc) is 2.40. The lowest BCUT2D eigenvalue weighted by Gasteiger charge is -2.33. The topological polar surface area (TPSA) is 52.6 Å². The quantitative estimate of drug-likeness (QED) is 0.847. The van der Waals surface area contributed by atoms with Crippen LogP contribution in [0.5, 0.6) is 5.75 Å². The van der Waals surface area contributed by atoms with Gasteiger partial charge in [-0.2, -0.15) is 13.2 Å². The van der Waals surface area contributed by atoms with Crippen molar-refractivity contribution in [1.82, 2.24) is 10.2 Å². The molecule has 1 atom stereocenters. The second-order valence-corrected chi connectivity index (χ2v) is 6.24. The van der Waals surface area contributed by atoms with Crippen LogP contribution in [0, 0.1) is 0 Å². The maximum Gasteiger partial charge on any atom is 0.401 e. The summed E-state index contributed by atoms with van der Waals surface area (Å²) in [7, 11) is 0. The van der Waals surface area contributed by atoms with Crippen LogP contribution in [-0.4, -0.2) is 47.8 Å². The predicted octanol–water partition coefficient (Wildman–Crippen LogP) is 2.91. The minimum Gasteiger partial charge on any atom is -0.507 e. The maximum absolute atomic E-state index is 12.4. The third-order valence-corrected chi connectivity index (χ3v) is 3.94. The first kappa shape index (κ1) is 17.1. The van der Waals surface area contributed by atoms with Crippen LogP contribution in [-0.2, 0) is 0 Å². The SMILES string of the molecule is O=C(N[C@@H]1CCCN(CC(F)(F)F)C1)c1cc(Br)ccc1O. The van der Waals surface area contributed by atoms with Gasteiger partial charge in [-0.05, 0) is 37.6 Å². The average molecular weight is 381 g/mol. The number of nitrogens with one attached hydrogen (secondary N) is 1. The summed E-state index contributed by atoms with van der Waals surface area (Å²) >= 11 is 3.21. The summed E-state index contributed by atoms with van der Waals surface area (Å²) in [5.74, 6) is -0.652. The fourth-order valence-electron chi connectivity index (χ4n) is 2.52. The highest BCUT2D eigenvalue weighted by molar-refractivity contribution is 9.10. The smallest absolute Gasteiger partial charge is 0.401 e. The van der Waals surface area contributed by atoms with Gasteiger partial charge < -0.3 is 10.4 Å². The first-order valence-electron chi connectivity index (χ1n) is 6.83. The number of hydrogen-bond acceptors (Lipinski definition) is 3. The van der Waals surface area contributed by atoms with Gasteiger partial charge in [0.05, 0.1) is 12.1 Å². The zero-order valence-electron chi connectivity index (χ0n) is 11.7. The number of piperidine rings is 1. The third-order valence-electron chi connectivity index (χ3n) is 3.45. The predicted molar refractivity (Wildman–Crippen MR) is 78.8 cm³/mol. The van der Waals surface area contributed by atoms with Crippen LogP contribution < -0.4 is 5.32 Å². The molecule has 0 aliphatic carbocycles. The Kier molecular flexibility index (Phi) is 5.33. The molecule has 1 aromatic rings. The minimum absolute atomic E-state index is 0.0994. The second kappa shape index (κ2) is 6.87. The molecular weight excluding hydrogens is 365 g/mol. The molecule has 0 saturated carbocycles. The highest BCUT2D eigenvalue weighted by Gasteiger charge is 2.33. The van der Waals surface area contributed by atoms with Gasteiger partial charge in [0.2, 0.25) is 0 Å². The standard InChI is InChI=1S/C14H16BrF3N2O2/c15-9-3-4-12(21)11(6-9)13(22)19-10-2-1-5-20(7-10)8-14(16,17)18/h3-4,6,10,21H,1-2,5,7-8H2,(H,19,22)/t10-/m1/s1. The van der Waals surface area contributed by atoms with E-state index < -0.39 is 18.6 Å². The number of carbonyl (C=O) groups excluding carboxylic acids is 1. The zero-order chi connectivity index (χ0) is 16.3. The molecule has 122 valence electrons. The van der Waals surface area contributed by atoms with Crippen molar-refractivity contribution in [3.63, 3.8) is 0 Å². The van der Waals surface area contributed by atoms with Gasteiger partial charge in [0, 0.05) is 17.1 Å². The molecule has 0 radical (unpaired) electrons. The van der Waals surface area contributed by atoms with Gasteiger partial charge in [-0.25, -0.2) is 0 Å². The van der Waals surface area contributed by atoms with E-state index in [1.165, 1.54) is 17.0 Å². The molecule has 22 heavy (non-hydrogen) atoms. The molecule has 1 heterocycles. The summed E-state index contributed by atoms with van der Waals surface area (Å²) in [4.78, 5) is 13.4. The van der Waals surface area contributed by atoms with E-state index in [1.807, 2.05) is 0 Å². The number of aromatic hydroxyl groups is 1. The lowest BCUT2D eigenvalue weighted by molar-refractivity contribution is -0.148. The minimum atomic E-state index is -4.24. The maximum atomic E-state index is 12.4. The molecule has 1 aliphatic heterocycles. The van der Waals surface area contributed by atoms with E-state index >= 15 is 0 Å². The van der Waals surface area contributed by atoms with E-state index in [9.17, 15) is 23.1 Å². The van der Waals surface area contributed by atoms with Crippen molar-refractivity contribution in [2.45, 2.75) is 25.1 Å². The molecule has 2 rings (SSSR count). The number of nitrogens with zero attached hydrogens (tertiary/aromatic N) is 1. The Hall–Kier alpha value is -1.28. The Morgan fingerprint density at radius 3 is 2.86 bits per heavy atom. The van der Waals surface area contributed by atoms with E-state index in [-0.39, 0.29) is 23.9 Å². The highest BCUT2D eigenvalue weighted by atomic mass is 79.9. The van der Waals surface area contributed by atoms with Crippen LogP contribution >= 0.6 is 15.9 Å². The van der Waals surface area contributed by atoms with E-state index in [1.54, 1.807) is 6.07 Å². The van der Waals surface area contributed by atoms with E-state index in [2.05, 4.69) is 21.2 Å². The second-order valence-electron chi connectivity index (χ2n) is 5.32. The number of phenolic OH excluding ortho intramolecular Hbond substituents is 1. The molecule has 1 aromatic carbocycles. The molecular formula is C14H16BrF3N2O2. The van der Waals surface area contributed by atoms with Crippen molar-refractivity contribution in [1.29, 1.82) is 0 Å². The number of halogens is 4. The van der Waals surface area contributed by atoms with E-state index in [0.717, 1.165) is 0 Å². The number of benzene rings is 1. The van der Waals surface area contributed by atoms with Crippen LogP contribution in [0.2, 0.25) is 0 Å². The largest absolute Gasteiger partial charge is 0.507 e. The lowest BCUT2D eigenvalue weighted by Crippen LogP contribution is -2.49. The van der Waals surface area contributed by atoms with Crippen LogP contribution in [0.15, 0.2) is 22.7 Å².